The molecule has 2 atom stereocenters. The maximum absolute atomic E-state index is 11.5. The molecule has 0 radical (unpaired) electrons. The molecule has 0 fully saturated rings. The summed E-state index contributed by atoms with van der Waals surface area (Å²) in [6, 6.07) is 0. The maximum atomic E-state index is 11.5. The molecule has 0 saturated heterocycles. The number of anilines is 1. The van der Waals surface area contributed by atoms with Crippen LogP contribution in [0.4, 0.5) is 5.82 Å². The van der Waals surface area contributed by atoms with E-state index in [0.717, 1.165) is 7.11 Å². The van der Waals surface area contributed by atoms with Gasteiger partial charge < -0.3 is 19.9 Å². The molecule has 0 amide bonds. The van der Waals surface area contributed by atoms with Gasteiger partial charge in [-0.2, -0.15) is 0 Å². The van der Waals surface area contributed by atoms with Gasteiger partial charge in [0.1, 0.15) is 17.9 Å². The Labute approximate surface area is 120 Å². The third-order valence-corrected chi connectivity index (χ3v) is 3.72. The van der Waals surface area contributed by atoms with Gasteiger partial charge >= 0.3 is 7.82 Å². The number of aromatic nitrogens is 4. The molecule has 0 saturated carbocycles. The molecule has 2 rings (SSSR count). The molecular weight excluding hydrogens is 301 g/mol. The van der Waals surface area contributed by atoms with Gasteiger partial charge in [0.05, 0.1) is 19.5 Å². The van der Waals surface area contributed by atoms with Crippen molar-refractivity contribution in [1.29, 1.82) is 0 Å². The quantitative estimate of drug-likeness (QED) is 0.686. The molecule has 11 heteroatoms. The minimum Gasteiger partial charge on any atom is -0.382 e. The van der Waals surface area contributed by atoms with Gasteiger partial charge in [-0.3, -0.25) is 9.05 Å². The Hall–Kier alpha value is -1.58. The fraction of sp³-hybridized carbons (Fsp3) is 0.500. The van der Waals surface area contributed by atoms with E-state index in [-0.39, 0.29) is 19.0 Å². The van der Waals surface area contributed by atoms with Crippen LogP contribution in [-0.4, -0.2) is 51.3 Å². The van der Waals surface area contributed by atoms with Crippen molar-refractivity contribution in [3.8, 4) is 0 Å². The average molecular weight is 317 g/mol. The zero-order valence-electron chi connectivity index (χ0n) is 11.5. The van der Waals surface area contributed by atoms with Crippen molar-refractivity contribution in [2.24, 2.45) is 0 Å². The van der Waals surface area contributed by atoms with E-state index in [9.17, 15) is 9.46 Å². The molecule has 2 heterocycles. The molecule has 21 heavy (non-hydrogen) atoms. The lowest BCUT2D eigenvalue weighted by molar-refractivity contribution is 0.0428. The average Bonchev–Trinajstić information content (AvgIpc) is 2.83. The van der Waals surface area contributed by atoms with E-state index >= 15 is 0 Å². The van der Waals surface area contributed by atoms with Crippen LogP contribution in [0.5, 0.6) is 0 Å². The summed E-state index contributed by atoms with van der Waals surface area (Å²) in [5.41, 5.74) is 6.64. The van der Waals surface area contributed by atoms with E-state index in [2.05, 4.69) is 19.5 Å². The minimum absolute atomic E-state index is 0.0914. The number of phosphoric acid groups is 1. The first-order valence-corrected chi connectivity index (χ1v) is 7.43. The predicted molar refractivity (Wildman–Crippen MR) is 73.3 cm³/mol. The first kappa shape index (κ1) is 15.8. The number of rotatable bonds is 7. The van der Waals surface area contributed by atoms with Gasteiger partial charge in [-0.1, -0.05) is 0 Å². The number of fused-ring (bicyclic) bond motifs is 1. The molecule has 2 aromatic rings. The lowest BCUT2D eigenvalue weighted by Gasteiger charge is -2.19. The fourth-order valence-electron chi connectivity index (χ4n) is 1.79. The minimum atomic E-state index is -4.12. The summed E-state index contributed by atoms with van der Waals surface area (Å²) in [5, 5.41) is 0. The molecule has 1 unspecified atom stereocenters. The van der Waals surface area contributed by atoms with Crippen LogP contribution in [0.2, 0.25) is 0 Å². The van der Waals surface area contributed by atoms with Crippen LogP contribution in [0.1, 0.15) is 0 Å². The zero-order chi connectivity index (χ0) is 15.5. The largest absolute Gasteiger partial charge is 0.472 e. The van der Waals surface area contributed by atoms with Crippen molar-refractivity contribution >= 4 is 24.8 Å². The van der Waals surface area contributed by atoms with Gasteiger partial charge in [0.15, 0.2) is 11.5 Å². The summed E-state index contributed by atoms with van der Waals surface area (Å²) in [6.45, 7) is 0.281. The molecule has 0 aliphatic heterocycles. The predicted octanol–water partition coefficient (Wildman–Crippen LogP) is 0.187. The second-order valence-corrected chi connectivity index (χ2v) is 5.68. The zero-order valence-corrected chi connectivity index (χ0v) is 12.4. The number of imidazole rings is 1. The van der Waals surface area contributed by atoms with Gasteiger partial charge in [0.2, 0.25) is 0 Å². The number of nitrogens with zero attached hydrogens (tertiary/aromatic N) is 4. The van der Waals surface area contributed by atoms with Crippen molar-refractivity contribution in [3.05, 3.63) is 12.7 Å². The van der Waals surface area contributed by atoms with Gasteiger partial charge in [-0.05, 0) is 0 Å². The number of ether oxygens (including phenoxy) is 1. The molecule has 0 aliphatic carbocycles. The Bertz CT molecular complexity index is 662. The summed E-state index contributed by atoms with van der Waals surface area (Å²) < 4.78 is 27.5. The van der Waals surface area contributed by atoms with Gasteiger partial charge in [-0.15, -0.1) is 0 Å². The fourth-order valence-corrected chi connectivity index (χ4v) is 2.38. The third kappa shape index (κ3) is 3.74. The van der Waals surface area contributed by atoms with E-state index in [1.807, 2.05) is 0 Å². The van der Waals surface area contributed by atoms with Gasteiger partial charge in [-0.25, -0.2) is 19.5 Å². The summed E-state index contributed by atoms with van der Waals surface area (Å²) >= 11 is 0. The number of hydrogen-bond donors (Lipinski definition) is 2. The van der Waals surface area contributed by atoms with E-state index in [1.165, 1.54) is 19.8 Å². The van der Waals surface area contributed by atoms with Crippen molar-refractivity contribution in [2.45, 2.75) is 12.6 Å². The van der Waals surface area contributed by atoms with Gasteiger partial charge in [0, 0.05) is 14.2 Å². The van der Waals surface area contributed by atoms with Crippen molar-refractivity contribution in [2.75, 3.05) is 26.6 Å². The second-order valence-electron chi connectivity index (χ2n) is 4.16. The number of hydrogen-bond acceptors (Lipinski definition) is 8. The highest BCUT2D eigenvalue weighted by Crippen LogP contribution is 2.43. The smallest absolute Gasteiger partial charge is 0.382 e. The number of methoxy groups -OCH3 is 1. The number of phosphoric ester groups is 1. The molecule has 10 nitrogen and oxygen atoms in total. The molecule has 116 valence electrons. The van der Waals surface area contributed by atoms with Gasteiger partial charge in [0.25, 0.3) is 0 Å². The lowest BCUT2D eigenvalue weighted by atomic mass is 10.3. The number of nitrogens with two attached hydrogens (primary N) is 1. The standard InChI is InChI=1S/C10H16N5O5P/c1-18-4-7(20-21(16,17)19-2)3-15-6-14-8-9(11)12-5-13-10(8)15/h5-7H,3-4H2,1-2H3,(H,16,17)(H2,11,12,13)/t7-/m0/s1. The summed E-state index contributed by atoms with van der Waals surface area (Å²) in [7, 11) is -1.57. The van der Waals surface area contributed by atoms with Crippen molar-refractivity contribution in [1.82, 2.24) is 19.5 Å². The van der Waals surface area contributed by atoms with Crippen LogP contribution >= 0.6 is 7.82 Å². The van der Waals surface area contributed by atoms with Crippen LogP contribution in [-0.2, 0) is 24.9 Å². The van der Waals surface area contributed by atoms with Crippen LogP contribution in [0.15, 0.2) is 12.7 Å². The summed E-state index contributed by atoms with van der Waals surface area (Å²) in [5.74, 6) is 0.257. The van der Waals surface area contributed by atoms with E-state index in [1.54, 1.807) is 4.57 Å². The molecule has 2 aromatic heterocycles. The van der Waals surface area contributed by atoms with Crippen molar-refractivity contribution < 1.29 is 23.2 Å². The Morgan fingerprint density at radius 1 is 1.43 bits per heavy atom. The normalized spacial score (nSPS) is 16.0. The SMILES string of the molecule is COC[C@H](Cn1cnc2c(N)ncnc21)OP(=O)(O)OC. The molecule has 0 bridgehead atoms. The highest BCUT2D eigenvalue weighted by atomic mass is 31.2. The first-order valence-electron chi connectivity index (χ1n) is 5.94. The highest BCUT2D eigenvalue weighted by molar-refractivity contribution is 7.47. The molecule has 0 aromatic carbocycles. The highest BCUT2D eigenvalue weighted by Gasteiger charge is 2.26. The van der Waals surface area contributed by atoms with Crippen LogP contribution < -0.4 is 5.73 Å². The van der Waals surface area contributed by atoms with Crippen molar-refractivity contribution in [3.63, 3.8) is 0 Å². The third-order valence-electron chi connectivity index (χ3n) is 2.70. The Morgan fingerprint density at radius 2 is 2.19 bits per heavy atom. The topological polar surface area (TPSA) is 135 Å². The Balaban J connectivity index is 2.23. The van der Waals surface area contributed by atoms with E-state index < -0.39 is 13.9 Å². The Morgan fingerprint density at radius 3 is 2.86 bits per heavy atom. The Kier molecular flexibility index (Phi) is 4.86. The summed E-state index contributed by atoms with van der Waals surface area (Å²) in [6.07, 6.45) is 2.09. The van der Waals surface area contributed by atoms with E-state index in [4.69, 9.17) is 15.0 Å². The van der Waals surface area contributed by atoms with E-state index in [0.29, 0.717) is 11.2 Å². The summed E-state index contributed by atoms with van der Waals surface area (Å²) in [4.78, 5) is 21.4. The van der Waals surface area contributed by atoms with Crippen LogP contribution in [0.25, 0.3) is 11.2 Å². The molecular formula is C10H16N5O5P. The lowest BCUT2D eigenvalue weighted by Crippen LogP contribution is -2.24. The monoisotopic (exact) mass is 317 g/mol. The van der Waals surface area contributed by atoms with Crippen LogP contribution in [0.3, 0.4) is 0 Å². The second kappa shape index (κ2) is 6.46. The molecule has 3 N–H and O–H groups in total. The molecule has 0 spiro atoms. The first-order chi connectivity index (χ1) is 9.96. The van der Waals surface area contributed by atoms with Crippen LogP contribution in [0, 0.1) is 0 Å². The number of nitrogen functional groups attached to an aromatic ring is 1. The maximum Gasteiger partial charge on any atom is 0.472 e. The molecule has 0 aliphatic rings.